The van der Waals surface area contributed by atoms with Gasteiger partial charge < -0.3 is 20.6 Å². The van der Waals surface area contributed by atoms with E-state index in [1.54, 1.807) is 72.8 Å². The monoisotopic (exact) mass is 964 g/mol. The maximum atomic E-state index is 13.3. The quantitative estimate of drug-likeness (QED) is 0.0381. The zero-order chi connectivity index (χ0) is 51.6. The molecule has 0 unspecified atom stereocenters. The Bertz CT molecular complexity index is 3320. The van der Waals surface area contributed by atoms with Gasteiger partial charge in [-0.2, -0.15) is 0 Å². The summed E-state index contributed by atoms with van der Waals surface area (Å²) >= 11 is 0. The van der Waals surface area contributed by atoms with Gasteiger partial charge in [-0.25, -0.2) is 9.97 Å². The predicted octanol–water partition coefficient (Wildman–Crippen LogP) is 9.17. The molecule has 0 saturated carbocycles. The second-order valence-electron chi connectivity index (χ2n) is 17.8. The third-order valence-electron chi connectivity index (χ3n) is 13.1. The molecule has 72 heavy (non-hydrogen) atoms. The molecule has 7 rings (SSSR count). The molecule has 0 saturated heterocycles. The van der Waals surface area contributed by atoms with Crippen LogP contribution in [0.15, 0.2) is 104 Å². The highest BCUT2D eigenvalue weighted by Crippen LogP contribution is 2.36. The first-order valence-electron chi connectivity index (χ1n) is 23.8. The van der Waals surface area contributed by atoms with Crippen LogP contribution in [-0.4, -0.2) is 79.5 Å². The van der Waals surface area contributed by atoms with E-state index in [1.165, 1.54) is 0 Å². The topological polar surface area (TPSA) is 218 Å². The molecule has 0 spiro atoms. The number of hydrogen-bond donors (Lipinski definition) is 4. The summed E-state index contributed by atoms with van der Waals surface area (Å²) < 4.78 is 0. The van der Waals surface area contributed by atoms with Crippen LogP contribution in [0.2, 0.25) is 0 Å². The number of nitrogens with zero attached hydrogens (tertiary/aromatic N) is 2. The van der Waals surface area contributed by atoms with Gasteiger partial charge in [0.1, 0.15) is 0 Å². The highest BCUT2D eigenvalue weighted by Gasteiger charge is 2.23. The summed E-state index contributed by atoms with van der Waals surface area (Å²) in [5, 5.41) is 5.34. The lowest BCUT2D eigenvalue weighted by Crippen LogP contribution is -2.30. The summed E-state index contributed by atoms with van der Waals surface area (Å²) in [6.45, 7) is 15.5. The van der Waals surface area contributed by atoms with Crippen molar-refractivity contribution in [3.05, 3.63) is 160 Å². The van der Waals surface area contributed by atoms with E-state index in [9.17, 15) is 38.4 Å². The fourth-order valence-electron chi connectivity index (χ4n) is 8.76. The Morgan fingerprint density at radius 2 is 0.986 bits per heavy atom. The number of H-pyrrole nitrogens is 2. The fraction of sp³-hybridized carbons (Fsp3) is 0.241. The van der Waals surface area contributed by atoms with E-state index in [0.717, 1.165) is 66.8 Å². The normalized spacial score (nSPS) is 12.1. The van der Waals surface area contributed by atoms with Gasteiger partial charge in [0.25, 0.3) is 0 Å². The van der Waals surface area contributed by atoms with Gasteiger partial charge in [0, 0.05) is 82.9 Å². The van der Waals surface area contributed by atoms with Crippen molar-refractivity contribution in [2.24, 2.45) is 0 Å². The van der Waals surface area contributed by atoms with Crippen LogP contribution in [0.4, 0.5) is 0 Å². The predicted molar refractivity (Wildman–Crippen MR) is 279 cm³/mol. The van der Waals surface area contributed by atoms with Gasteiger partial charge in [0.2, 0.25) is 34.9 Å². The fourth-order valence-corrected chi connectivity index (χ4v) is 8.76. The van der Waals surface area contributed by atoms with E-state index in [1.807, 2.05) is 52.0 Å². The molecule has 2 aliphatic rings. The molecule has 5 heterocycles. The molecule has 2 aromatic carbocycles. The molecule has 3 aromatic heterocycles. The Labute approximate surface area is 416 Å². The molecule has 4 N–H and O–H groups in total. The van der Waals surface area contributed by atoms with Gasteiger partial charge in [-0.3, -0.25) is 38.4 Å². The van der Waals surface area contributed by atoms with Gasteiger partial charge in [-0.15, -0.1) is 0 Å². The number of hydrogen-bond acceptors (Lipinski definition) is 10. The van der Waals surface area contributed by atoms with E-state index in [2.05, 4.69) is 33.8 Å². The number of carbonyl (C=O) groups is 8. The van der Waals surface area contributed by atoms with E-state index in [0.29, 0.717) is 22.6 Å². The summed E-state index contributed by atoms with van der Waals surface area (Å²) in [5.74, 6) is -4.22. The van der Waals surface area contributed by atoms with Crippen molar-refractivity contribution in [3.8, 4) is 0 Å². The number of rotatable bonds is 22. The number of Topliss-reactive ketones (excluding diaryl/α,β-unsaturated/α-hetero) is 6. The first-order valence-corrected chi connectivity index (χ1v) is 23.8. The number of carbonyl (C=O) groups excluding carboxylic acids is 8. The average Bonchev–Trinajstić information content (AvgIpc) is 4.06. The van der Waals surface area contributed by atoms with Crippen LogP contribution in [0.5, 0.6) is 0 Å². The van der Waals surface area contributed by atoms with Crippen LogP contribution >= 0.6 is 0 Å². The molecule has 14 nitrogen and oxygen atoms in total. The van der Waals surface area contributed by atoms with Crippen LogP contribution in [0, 0.1) is 13.8 Å². The molecule has 0 fully saturated rings. The van der Waals surface area contributed by atoms with Crippen molar-refractivity contribution in [1.82, 2.24) is 30.6 Å². The highest BCUT2D eigenvalue weighted by atomic mass is 16.2. The number of fused-ring (bicyclic) bond motifs is 8. The zero-order valence-corrected chi connectivity index (χ0v) is 40.9. The Morgan fingerprint density at radius 1 is 0.514 bits per heavy atom. The van der Waals surface area contributed by atoms with Crippen LogP contribution < -0.4 is 10.6 Å². The number of aromatic nitrogens is 4. The Morgan fingerprint density at radius 3 is 1.54 bits per heavy atom. The van der Waals surface area contributed by atoms with Crippen molar-refractivity contribution >= 4 is 96.9 Å². The molecular weight excluding hydrogens is 909 g/mol. The largest absolute Gasteiger partial charge is 0.355 e. The van der Waals surface area contributed by atoms with Crippen molar-refractivity contribution in [2.45, 2.75) is 79.1 Å². The highest BCUT2D eigenvalue weighted by molar-refractivity contribution is 6.44. The number of aryl methyl sites for hydroxylation is 3. The SMILES string of the molecule is C=CC1=C(C)c2cc3[nH]c(cc4nc(cc5[nH]c(cc1n2)c(C)c5CCC(=O)NCC(=O)CCC(=O)C(=O)c1ccccc1)C(CCC(=O)NCC(=O)CCC(=O)C(=O)c1ccccc1)=C4C)c(C)c3C=C. The van der Waals surface area contributed by atoms with Gasteiger partial charge in [-0.05, 0) is 98.2 Å². The summed E-state index contributed by atoms with van der Waals surface area (Å²) in [7, 11) is 0. The van der Waals surface area contributed by atoms with E-state index >= 15 is 0 Å². The zero-order valence-electron chi connectivity index (χ0n) is 40.9. The van der Waals surface area contributed by atoms with Gasteiger partial charge >= 0.3 is 0 Å². The number of aromatic amines is 2. The van der Waals surface area contributed by atoms with Crippen LogP contribution in [0.1, 0.15) is 125 Å². The average molecular weight is 965 g/mol. The second kappa shape index (κ2) is 22.9. The Kier molecular flexibility index (Phi) is 16.3. The number of nitrogens with one attached hydrogen (secondary N) is 4. The minimum atomic E-state index is -0.677. The standard InChI is InChI=1S/C58H56N6O8/c1-7-41-33(3)45-27-46-35(5)43(21-25-55(69)59-31-39(65)19-23-53(67)57(71)37-15-11-9-12-16-37)51(63-46)30-52-44(36(6)48(64-52)29-50-42(8-2)34(4)47(62-50)28-49(41)61-45)22-26-56(70)60-32-40(66)20-24-54(68)58(72)38-17-13-10-14-18-38/h7-18,27-30,61,64H,1-2,19-26,31-32H2,3-6H3,(H,59,69)(H,60,70). The smallest absolute Gasteiger partial charge is 0.228 e. The van der Waals surface area contributed by atoms with Crippen molar-refractivity contribution < 1.29 is 38.4 Å². The van der Waals surface area contributed by atoms with E-state index in [-0.39, 0.29) is 99.0 Å². The first-order chi connectivity index (χ1) is 34.6. The summed E-state index contributed by atoms with van der Waals surface area (Å²) in [6.07, 6.45) is 3.19. The maximum absolute atomic E-state index is 13.3. The summed E-state index contributed by atoms with van der Waals surface area (Å²) in [5.41, 5.74) is 13.1. The van der Waals surface area contributed by atoms with Crippen LogP contribution in [0.3, 0.4) is 0 Å². The first kappa shape index (κ1) is 51.3. The van der Waals surface area contributed by atoms with Gasteiger partial charge in [0.15, 0.2) is 11.6 Å². The summed E-state index contributed by atoms with van der Waals surface area (Å²) in [6, 6.07) is 24.0. The van der Waals surface area contributed by atoms with E-state index < -0.39 is 23.1 Å². The third-order valence-corrected chi connectivity index (χ3v) is 13.1. The molecular formula is C58H56N6O8. The lowest BCUT2D eigenvalue weighted by atomic mass is 10.00. The third kappa shape index (κ3) is 11.9. The summed E-state index contributed by atoms with van der Waals surface area (Å²) in [4.78, 5) is 119. The minimum absolute atomic E-state index is 0.00719. The second-order valence-corrected chi connectivity index (χ2v) is 17.8. The van der Waals surface area contributed by atoms with Gasteiger partial charge in [-0.1, -0.05) is 86.0 Å². The van der Waals surface area contributed by atoms with Crippen molar-refractivity contribution in [2.75, 3.05) is 13.1 Å². The molecule has 366 valence electrons. The molecule has 2 aliphatic heterocycles. The molecule has 0 radical (unpaired) electrons. The Balaban J connectivity index is 1.15. The minimum Gasteiger partial charge on any atom is -0.355 e. The van der Waals surface area contributed by atoms with Crippen molar-refractivity contribution in [3.63, 3.8) is 0 Å². The van der Waals surface area contributed by atoms with Crippen LogP contribution in [0.25, 0.3) is 50.4 Å². The van der Waals surface area contributed by atoms with Gasteiger partial charge in [0.05, 0.1) is 35.9 Å². The molecule has 0 aliphatic carbocycles. The molecule has 8 bridgehead atoms. The maximum Gasteiger partial charge on any atom is 0.228 e. The van der Waals surface area contributed by atoms with Crippen LogP contribution in [-0.2, 0) is 35.2 Å². The molecule has 2 amide bonds. The molecule has 14 heteroatoms. The van der Waals surface area contributed by atoms with E-state index in [4.69, 9.17) is 9.97 Å². The Hall–Kier alpha value is -8.52. The lowest BCUT2D eigenvalue weighted by molar-refractivity contribution is -0.125. The number of benzene rings is 2. The van der Waals surface area contributed by atoms with Crippen molar-refractivity contribution in [1.29, 1.82) is 0 Å². The number of allylic oxidation sites excluding steroid dienone is 5. The lowest BCUT2D eigenvalue weighted by Gasteiger charge is -2.07. The molecule has 5 aromatic rings. The molecule has 0 atom stereocenters. The number of amides is 2. The number of ketones is 6.